The van der Waals surface area contributed by atoms with Crippen molar-refractivity contribution >= 4 is 17.3 Å². The van der Waals surface area contributed by atoms with Crippen molar-refractivity contribution in [2.24, 2.45) is 5.41 Å². The average molecular weight is 234 g/mol. The first-order valence-corrected chi connectivity index (χ1v) is 5.93. The predicted octanol–water partition coefficient (Wildman–Crippen LogP) is 2.38. The zero-order valence-electron chi connectivity index (χ0n) is 9.79. The summed E-state index contributed by atoms with van der Waals surface area (Å²) in [6.07, 6.45) is 2.96. The molecule has 1 fully saturated rings. The third kappa shape index (κ3) is 1.51. The number of anilines is 2. The molecular formula is C13H15FN2O. The number of carbonyl (C=O) groups is 1. The number of rotatable bonds is 0. The summed E-state index contributed by atoms with van der Waals surface area (Å²) in [7, 11) is 1.92. The Balaban J connectivity index is 2.03. The minimum Gasteiger partial charge on any atom is -0.372 e. The molecule has 1 heterocycles. The molecule has 0 unspecified atom stereocenters. The van der Waals surface area contributed by atoms with E-state index >= 15 is 0 Å². The van der Waals surface area contributed by atoms with Crippen LogP contribution in [0.25, 0.3) is 0 Å². The Morgan fingerprint density at radius 1 is 1.41 bits per heavy atom. The van der Waals surface area contributed by atoms with Crippen molar-refractivity contribution in [2.75, 3.05) is 23.8 Å². The van der Waals surface area contributed by atoms with Crippen LogP contribution in [0.2, 0.25) is 0 Å². The number of amides is 1. The number of carbonyl (C=O) groups excluding carboxylic acids is 1. The quantitative estimate of drug-likeness (QED) is 0.747. The van der Waals surface area contributed by atoms with Crippen molar-refractivity contribution in [3.05, 3.63) is 24.0 Å². The normalized spacial score (nSPS) is 21.5. The van der Waals surface area contributed by atoms with Crippen LogP contribution in [0.1, 0.15) is 19.3 Å². The highest BCUT2D eigenvalue weighted by atomic mass is 19.1. The Bertz CT molecular complexity index is 482. The highest BCUT2D eigenvalue weighted by molar-refractivity contribution is 6.00. The fraction of sp³-hybridized carbons (Fsp3) is 0.462. The van der Waals surface area contributed by atoms with E-state index in [4.69, 9.17) is 0 Å². The van der Waals surface area contributed by atoms with Gasteiger partial charge in [-0.05, 0) is 31.0 Å². The molecule has 4 heteroatoms. The minimum atomic E-state index is -0.269. The summed E-state index contributed by atoms with van der Waals surface area (Å²) in [6, 6.07) is 4.50. The number of hydrogen-bond acceptors (Lipinski definition) is 2. The first-order chi connectivity index (χ1) is 8.11. The van der Waals surface area contributed by atoms with Gasteiger partial charge in [-0.3, -0.25) is 4.79 Å². The number of halogens is 1. The Labute approximate surface area is 99.6 Å². The van der Waals surface area contributed by atoms with Gasteiger partial charge in [0.1, 0.15) is 5.82 Å². The van der Waals surface area contributed by atoms with E-state index in [1.807, 2.05) is 11.9 Å². The summed E-state index contributed by atoms with van der Waals surface area (Å²) in [6.45, 7) is 0.676. The van der Waals surface area contributed by atoms with Gasteiger partial charge in [0.25, 0.3) is 0 Å². The maximum absolute atomic E-state index is 13.2. The first kappa shape index (κ1) is 10.6. The second-order valence-electron chi connectivity index (χ2n) is 5.11. The average Bonchev–Trinajstić information content (AvgIpc) is 2.35. The first-order valence-electron chi connectivity index (χ1n) is 5.93. The molecule has 0 bridgehead atoms. The van der Waals surface area contributed by atoms with E-state index in [2.05, 4.69) is 5.32 Å². The van der Waals surface area contributed by atoms with E-state index in [0.29, 0.717) is 12.2 Å². The van der Waals surface area contributed by atoms with Crippen molar-refractivity contribution in [1.29, 1.82) is 0 Å². The number of benzene rings is 1. The van der Waals surface area contributed by atoms with E-state index in [0.717, 1.165) is 24.9 Å². The molecule has 1 saturated carbocycles. The van der Waals surface area contributed by atoms with Gasteiger partial charge in [-0.2, -0.15) is 0 Å². The van der Waals surface area contributed by atoms with Gasteiger partial charge in [0.05, 0.1) is 16.8 Å². The van der Waals surface area contributed by atoms with Crippen molar-refractivity contribution < 1.29 is 9.18 Å². The molecule has 1 spiro atoms. The molecule has 1 aromatic carbocycles. The summed E-state index contributed by atoms with van der Waals surface area (Å²) in [5, 5.41) is 2.93. The van der Waals surface area contributed by atoms with Crippen molar-refractivity contribution in [2.45, 2.75) is 19.3 Å². The largest absolute Gasteiger partial charge is 0.372 e. The molecule has 0 atom stereocenters. The molecule has 3 rings (SSSR count). The van der Waals surface area contributed by atoms with E-state index in [1.54, 1.807) is 6.07 Å². The third-order valence-corrected chi connectivity index (χ3v) is 3.95. The molecule has 2 aliphatic rings. The number of fused-ring (bicyclic) bond motifs is 1. The lowest BCUT2D eigenvalue weighted by Gasteiger charge is -2.40. The van der Waals surface area contributed by atoms with Gasteiger partial charge in [0.15, 0.2) is 0 Å². The van der Waals surface area contributed by atoms with E-state index in [9.17, 15) is 9.18 Å². The second-order valence-corrected chi connectivity index (χ2v) is 5.11. The van der Waals surface area contributed by atoms with Gasteiger partial charge >= 0.3 is 0 Å². The number of hydrogen-bond donors (Lipinski definition) is 1. The van der Waals surface area contributed by atoms with Gasteiger partial charge in [0.2, 0.25) is 5.91 Å². The predicted molar refractivity (Wildman–Crippen MR) is 64.6 cm³/mol. The van der Waals surface area contributed by atoms with Crippen LogP contribution < -0.4 is 10.2 Å². The Kier molecular flexibility index (Phi) is 2.15. The van der Waals surface area contributed by atoms with E-state index < -0.39 is 0 Å². The monoisotopic (exact) mass is 234 g/mol. The standard InChI is InChI=1S/C13H15FN2O/c1-16-8-13(5-2-6-13)12(17)15-10-4-3-9(14)7-11(10)16/h3-4,7H,2,5-6,8H2,1H3,(H,15,17). The minimum absolute atomic E-state index is 0.0842. The highest BCUT2D eigenvalue weighted by Gasteiger charge is 2.46. The van der Waals surface area contributed by atoms with Crippen LogP contribution in [-0.2, 0) is 4.79 Å². The lowest BCUT2D eigenvalue weighted by molar-refractivity contribution is -0.129. The Morgan fingerprint density at radius 3 is 2.82 bits per heavy atom. The maximum atomic E-state index is 13.2. The van der Waals surface area contributed by atoms with Crippen LogP contribution in [0, 0.1) is 11.2 Å². The molecule has 0 radical (unpaired) electrons. The van der Waals surface area contributed by atoms with Gasteiger partial charge in [-0.25, -0.2) is 4.39 Å². The van der Waals surface area contributed by atoms with Crippen LogP contribution in [0.15, 0.2) is 18.2 Å². The van der Waals surface area contributed by atoms with E-state index in [-0.39, 0.29) is 17.1 Å². The SMILES string of the molecule is CN1CC2(CCC2)C(=O)Nc2ccc(F)cc21. The van der Waals surface area contributed by atoms with Gasteiger partial charge in [-0.1, -0.05) is 6.42 Å². The Morgan fingerprint density at radius 2 is 2.18 bits per heavy atom. The molecule has 0 saturated heterocycles. The molecule has 0 aromatic heterocycles. The zero-order valence-corrected chi connectivity index (χ0v) is 9.79. The lowest BCUT2D eigenvalue weighted by Crippen LogP contribution is -2.47. The van der Waals surface area contributed by atoms with Crippen LogP contribution in [0.5, 0.6) is 0 Å². The molecule has 1 aromatic rings. The van der Waals surface area contributed by atoms with Gasteiger partial charge in [-0.15, -0.1) is 0 Å². The van der Waals surface area contributed by atoms with Crippen molar-refractivity contribution in [1.82, 2.24) is 0 Å². The summed E-state index contributed by atoms with van der Waals surface area (Å²) in [5.74, 6) is -0.185. The van der Waals surface area contributed by atoms with Crippen LogP contribution >= 0.6 is 0 Å². The molecule has 1 amide bonds. The Hall–Kier alpha value is -1.58. The summed E-state index contributed by atoms with van der Waals surface area (Å²) in [5.41, 5.74) is 1.22. The second kappa shape index (κ2) is 3.45. The molecular weight excluding hydrogens is 219 g/mol. The number of nitrogens with zero attached hydrogens (tertiary/aromatic N) is 1. The van der Waals surface area contributed by atoms with Crippen molar-refractivity contribution in [3.8, 4) is 0 Å². The fourth-order valence-corrected chi connectivity index (χ4v) is 2.78. The molecule has 3 nitrogen and oxygen atoms in total. The summed E-state index contributed by atoms with van der Waals surface area (Å²) < 4.78 is 13.2. The molecule has 1 aliphatic heterocycles. The van der Waals surface area contributed by atoms with Crippen LogP contribution in [0.4, 0.5) is 15.8 Å². The number of nitrogens with one attached hydrogen (secondary N) is 1. The molecule has 1 aliphatic carbocycles. The fourth-order valence-electron chi connectivity index (χ4n) is 2.78. The summed E-state index contributed by atoms with van der Waals surface area (Å²) in [4.78, 5) is 14.2. The van der Waals surface area contributed by atoms with Crippen molar-refractivity contribution in [3.63, 3.8) is 0 Å². The van der Waals surface area contributed by atoms with Gasteiger partial charge in [0, 0.05) is 13.6 Å². The smallest absolute Gasteiger partial charge is 0.232 e. The van der Waals surface area contributed by atoms with Gasteiger partial charge < -0.3 is 10.2 Å². The van der Waals surface area contributed by atoms with E-state index in [1.165, 1.54) is 12.1 Å². The summed E-state index contributed by atoms with van der Waals surface area (Å²) >= 11 is 0. The van der Waals surface area contributed by atoms with Crippen LogP contribution in [-0.4, -0.2) is 19.5 Å². The molecule has 1 N–H and O–H groups in total. The lowest BCUT2D eigenvalue weighted by atomic mass is 9.68. The molecule has 17 heavy (non-hydrogen) atoms. The molecule has 90 valence electrons. The van der Waals surface area contributed by atoms with Crippen LogP contribution in [0.3, 0.4) is 0 Å². The maximum Gasteiger partial charge on any atom is 0.232 e. The highest BCUT2D eigenvalue weighted by Crippen LogP contribution is 2.45. The third-order valence-electron chi connectivity index (χ3n) is 3.95. The topological polar surface area (TPSA) is 32.3 Å². The zero-order chi connectivity index (χ0) is 12.0.